The van der Waals surface area contributed by atoms with Gasteiger partial charge in [-0.05, 0) is 36.8 Å². The summed E-state index contributed by atoms with van der Waals surface area (Å²) < 4.78 is 41.5. The van der Waals surface area contributed by atoms with Gasteiger partial charge in [0.25, 0.3) is 0 Å². The Bertz CT molecular complexity index is 668. The van der Waals surface area contributed by atoms with Crippen molar-refractivity contribution in [3.8, 4) is 0 Å². The van der Waals surface area contributed by atoms with Crippen LogP contribution in [0.1, 0.15) is 21.5 Å². The minimum atomic E-state index is -1.02. The number of carbonyl (C=O) groups is 1. The van der Waals surface area contributed by atoms with Gasteiger partial charge in [0.15, 0.2) is 0 Å². The summed E-state index contributed by atoms with van der Waals surface area (Å²) in [7, 11) is 0. The molecule has 0 bridgehead atoms. The molecule has 0 aliphatic heterocycles. The van der Waals surface area contributed by atoms with Gasteiger partial charge in [-0.25, -0.2) is 13.2 Å². The number of hydrogen-bond donors (Lipinski definition) is 0. The molecular weight excluding hydrogens is 321 g/mol. The van der Waals surface area contributed by atoms with Gasteiger partial charge in [0.2, 0.25) is 5.78 Å². The molecule has 2 rings (SSSR count). The molecule has 19 heavy (non-hydrogen) atoms. The molecule has 0 atom stereocenters. The third-order valence-corrected chi connectivity index (χ3v) is 3.18. The van der Waals surface area contributed by atoms with Crippen molar-refractivity contribution < 1.29 is 18.0 Å². The highest BCUT2D eigenvalue weighted by Crippen LogP contribution is 2.23. The van der Waals surface area contributed by atoms with Crippen LogP contribution in [0.25, 0.3) is 0 Å². The van der Waals surface area contributed by atoms with Crippen molar-refractivity contribution in [2.75, 3.05) is 0 Å². The summed E-state index contributed by atoms with van der Waals surface area (Å²) in [5, 5.41) is 0. The van der Waals surface area contributed by atoms with E-state index in [-0.39, 0.29) is 11.1 Å². The molecule has 0 saturated carbocycles. The van der Waals surface area contributed by atoms with E-state index >= 15 is 0 Å². The first-order valence-corrected chi connectivity index (χ1v) is 6.15. The number of hydrogen-bond acceptors (Lipinski definition) is 1. The molecule has 0 aliphatic rings. The molecule has 1 nitrogen and oxygen atoms in total. The van der Waals surface area contributed by atoms with Crippen molar-refractivity contribution in [3.05, 3.63) is 68.9 Å². The Kier molecular flexibility index (Phi) is 3.75. The average molecular weight is 329 g/mol. The molecule has 0 fully saturated rings. The molecule has 0 radical (unpaired) electrons. The molecule has 5 heteroatoms. The van der Waals surface area contributed by atoms with Gasteiger partial charge in [-0.15, -0.1) is 0 Å². The molecule has 2 aromatic carbocycles. The van der Waals surface area contributed by atoms with E-state index in [9.17, 15) is 18.0 Å². The fourth-order valence-electron chi connectivity index (χ4n) is 1.67. The predicted octanol–water partition coefficient (Wildman–Crippen LogP) is 4.41. The molecule has 98 valence electrons. The quantitative estimate of drug-likeness (QED) is 0.746. The number of benzene rings is 2. The fraction of sp³-hybridized carbons (Fsp3) is 0.0714. The summed E-state index contributed by atoms with van der Waals surface area (Å²) in [4.78, 5) is 12.1. The second kappa shape index (κ2) is 5.17. The molecule has 0 spiro atoms. The zero-order valence-corrected chi connectivity index (χ0v) is 11.4. The van der Waals surface area contributed by atoms with Crippen LogP contribution in [-0.2, 0) is 0 Å². The van der Waals surface area contributed by atoms with E-state index in [1.165, 1.54) is 25.1 Å². The largest absolute Gasteiger partial charge is 0.288 e. The summed E-state index contributed by atoms with van der Waals surface area (Å²) in [5.41, 5.74) is -0.991. The molecule has 0 saturated heterocycles. The Morgan fingerprint density at radius 3 is 2.37 bits per heavy atom. The lowest BCUT2D eigenvalue weighted by Crippen LogP contribution is -2.10. The first-order valence-electron chi connectivity index (χ1n) is 5.36. The van der Waals surface area contributed by atoms with Crippen LogP contribution in [0.15, 0.2) is 34.8 Å². The standard InChI is InChI=1S/C14H8BrF3O/c1-7-2-4-11(17)12(13(7)18)14(19)9-6-8(15)3-5-10(9)16/h2-6H,1H3. The van der Waals surface area contributed by atoms with Gasteiger partial charge in [-0.1, -0.05) is 22.0 Å². The lowest BCUT2D eigenvalue weighted by Gasteiger charge is -2.07. The normalized spacial score (nSPS) is 10.6. The lowest BCUT2D eigenvalue weighted by molar-refractivity contribution is 0.102. The molecule has 0 amide bonds. The summed E-state index contributed by atoms with van der Waals surface area (Å²) in [6.45, 7) is 1.41. The zero-order chi connectivity index (χ0) is 14.2. The maximum absolute atomic E-state index is 13.8. The smallest absolute Gasteiger partial charge is 0.201 e. The summed E-state index contributed by atoms with van der Waals surface area (Å²) in [5.74, 6) is -3.82. The second-order valence-corrected chi connectivity index (χ2v) is 4.92. The number of ketones is 1. The van der Waals surface area contributed by atoms with E-state index in [0.29, 0.717) is 4.47 Å². The topological polar surface area (TPSA) is 17.1 Å². The van der Waals surface area contributed by atoms with E-state index in [0.717, 1.165) is 12.1 Å². The average Bonchev–Trinajstić information content (AvgIpc) is 2.37. The van der Waals surface area contributed by atoms with Gasteiger partial charge in [0, 0.05) is 4.47 Å². The van der Waals surface area contributed by atoms with Crippen molar-refractivity contribution >= 4 is 21.7 Å². The van der Waals surface area contributed by atoms with Gasteiger partial charge in [-0.2, -0.15) is 0 Å². The lowest BCUT2D eigenvalue weighted by atomic mass is 10.00. The summed E-state index contributed by atoms with van der Waals surface area (Å²) in [6.07, 6.45) is 0. The van der Waals surface area contributed by atoms with Crippen molar-refractivity contribution in [3.63, 3.8) is 0 Å². The number of halogens is 4. The number of aryl methyl sites for hydroxylation is 1. The van der Waals surface area contributed by atoms with Crippen LogP contribution in [0.5, 0.6) is 0 Å². The van der Waals surface area contributed by atoms with Crippen LogP contribution >= 0.6 is 15.9 Å². The van der Waals surface area contributed by atoms with E-state index in [1.54, 1.807) is 0 Å². The van der Waals surface area contributed by atoms with Crippen LogP contribution in [0, 0.1) is 24.4 Å². The highest BCUT2D eigenvalue weighted by Gasteiger charge is 2.23. The van der Waals surface area contributed by atoms with Crippen LogP contribution in [0.4, 0.5) is 13.2 Å². The van der Waals surface area contributed by atoms with Crippen molar-refractivity contribution in [2.45, 2.75) is 6.92 Å². The van der Waals surface area contributed by atoms with Gasteiger partial charge >= 0.3 is 0 Å². The Balaban J connectivity index is 2.63. The Hall–Kier alpha value is -1.62. The number of rotatable bonds is 2. The Morgan fingerprint density at radius 1 is 1.05 bits per heavy atom. The maximum atomic E-state index is 13.8. The zero-order valence-electron chi connectivity index (χ0n) is 9.81. The van der Waals surface area contributed by atoms with Crippen molar-refractivity contribution in [1.82, 2.24) is 0 Å². The maximum Gasteiger partial charge on any atom is 0.201 e. The van der Waals surface area contributed by atoms with Crippen molar-refractivity contribution in [2.24, 2.45) is 0 Å². The molecule has 0 aliphatic carbocycles. The van der Waals surface area contributed by atoms with E-state index in [2.05, 4.69) is 15.9 Å². The molecule has 0 N–H and O–H groups in total. The van der Waals surface area contributed by atoms with E-state index in [1.807, 2.05) is 0 Å². The number of carbonyl (C=O) groups excluding carboxylic acids is 1. The molecule has 2 aromatic rings. The third kappa shape index (κ3) is 2.56. The van der Waals surface area contributed by atoms with Gasteiger partial charge in [0.05, 0.1) is 11.1 Å². The predicted molar refractivity (Wildman–Crippen MR) is 68.6 cm³/mol. The minimum Gasteiger partial charge on any atom is -0.288 e. The molecule has 0 unspecified atom stereocenters. The van der Waals surface area contributed by atoms with Crippen LogP contribution in [0.2, 0.25) is 0 Å². The molecule has 0 aromatic heterocycles. The Labute approximate surface area is 116 Å². The first kappa shape index (κ1) is 13.8. The van der Waals surface area contributed by atoms with E-state index < -0.39 is 28.8 Å². The third-order valence-electron chi connectivity index (χ3n) is 2.68. The summed E-state index contributed by atoms with van der Waals surface area (Å²) in [6, 6.07) is 5.86. The Morgan fingerprint density at radius 2 is 1.68 bits per heavy atom. The van der Waals surface area contributed by atoms with Crippen molar-refractivity contribution in [1.29, 1.82) is 0 Å². The van der Waals surface area contributed by atoms with Gasteiger partial charge in [-0.3, -0.25) is 4.79 Å². The van der Waals surface area contributed by atoms with Crippen LogP contribution in [-0.4, -0.2) is 5.78 Å². The molecular formula is C14H8BrF3O. The van der Waals surface area contributed by atoms with Gasteiger partial charge in [0.1, 0.15) is 17.5 Å². The van der Waals surface area contributed by atoms with Crippen LogP contribution < -0.4 is 0 Å². The SMILES string of the molecule is Cc1ccc(F)c(C(=O)c2cc(Br)ccc2F)c1F. The first-order chi connectivity index (χ1) is 8.91. The fourth-order valence-corrected chi connectivity index (χ4v) is 2.03. The van der Waals surface area contributed by atoms with Gasteiger partial charge < -0.3 is 0 Å². The highest BCUT2D eigenvalue weighted by molar-refractivity contribution is 9.10. The monoisotopic (exact) mass is 328 g/mol. The summed E-state index contributed by atoms with van der Waals surface area (Å²) >= 11 is 3.08. The molecule has 0 heterocycles. The minimum absolute atomic E-state index is 0.125. The van der Waals surface area contributed by atoms with E-state index in [4.69, 9.17) is 0 Å². The highest BCUT2D eigenvalue weighted by atomic mass is 79.9. The van der Waals surface area contributed by atoms with Crippen LogP contribution in [0.3, 0.4) is 0 Å². The second-order valence-electron chi connectivity index (χ2n) is 4.01.